The lowest BCUT2D eigenvalue weighted by atomic mass is 10.6. The van der Waals surface area contributed by atoms with Crippen LogP contribution in [0.25, 0.3) is 0 Å². The summed E-state index contributed by atoms with van der Waals surface area (Å²) in [5.74, 6) is 0. The molecule has 0 spiro atoms. The van der Waals surface area contributed by atoms with E-state index >= 15 is 0 Å². The summed E-state index contributed by atoms with van der Waals surface area (Å²) in [6.45, 7) is 0.399. The van der Waals surface area contributed by atoms with Gasteiger partial charge in [0.1, 0.15) is 0 Å². The Kier molecular flexibility index (Phi) is 4.12. The third-order valence-corrected chi connectivity index (χ3v) is 0.325. The van der Waals surface area contributed by atoms with Crippen LogP contribution in [-0.2, 0) is 0 Å². The Morgan fingerprint density at radius 1 is 1.83 bits per heavy atom. The molecule has 0 bridgehead atoms. The average Bonchev–Trinajstić information content (AvgIpc) is 1.61. The van der Waals surface area contributed by atoms with Gasteiger partial charge >= 0.3 is 0 Å². The topological polar surface area (TPSA) is 32.3 Å². The highest BCUT2D eigenvalue weighted by molar-refractivity contribution is 4.73. The van der Waals surface area contributed by atoms with Gasteiger partial charge in [0.2, 0.25) is 0 Å². The summed E-state index contributed by atoms with van der Waals surface area (Å²) in [6, 6.07) is 0. The maximum absolute atomic E-state index is 7.89. The minimum Gasteiger partial charge on any atom is -0.516 e. The molecule has 33 valence electrons. The van der Waals surface area contributed by atoms with Crippen molar-refractivity contribution in [3.63, 3.8) is 0 Å². The number of nitrogens with one attached hydrogen (secondary N) is 1. The molecule has 0 saturated carbocycles. The van der Waals surface area contributed by atoms with Crippen molar-refractivity contribution in [1.82, 2.24) is 5.32 Å². The van der Waals surface area contributed by atoms with E-state index in [1.54, 1.807) is 0 Å². The summed E-state index contributed by atoms with van der Waals surface area (Å²) in [5.41, 5.74) is 0. The third-order valence-electron chi connectivity index (χ3n) is 0.325. The van der Waals surface area contributed by atoms with Gasteiger partial charge in [0.25, 0.3) is 0 Å². The zero-order valence-electron chi connectivity index (χ0n) is 3.31. The lowest BCUT2D eigenvalue weighted by Gasteiger charge is -1.79. The summed E-state index contributed by atoms with van der Waals surface area (Å²) in [7, 11) is 6.29. The van der Waals surface area contributed by atoms with E-state index in [4.69, 9.17) is 12.2 Å². The number of hydrogen-bond acceptors (Lipinski definition) is 2. The molecule has 0 heterocycles. The minimum atomic E-state index is 0.399. The molecule has 0 atom stereocenters. The van der Waals surface area contributed by atoms with Crippen molar-refractivity contribution in [2.24, 2.45) is 0 Å². The van der Waals surface area contributed by atoms with Gasteiger partial charge in [-0.2, -0.15) is 0 Å². The highest BCUT2D eigenvalue weighted by Gasteiger charge is 1.63. The molecular weight excluding hydrogens is 78.0 g/mol. The van der Waals surface area contributed by atoms with E-state index in [1.807, 2.05) is 0 Å². The molecule has 6 heavy (non-hydrogen) atoms. The second kappa shape index (κ2) is 4.50. The van der Waals surface area contributed by atoms with Gasteiger partial charge < -0.3 is 10.4 Å². The van der Waals surface area contributed by atoms with Gasteiger partial charge in [-0.05, 0) is 6.08 Å². The van der Waals surface area contributed by atoms with E-state index < -0.39 is 0 Å². The molecule has 0 unspecified atom stereocenters. The minimum absolute atomic E-state index is 0.399. The van der Waals surface area contributed by atoms with Crippen LogP contribution in [-0.4, -0.2) is 11.7 Å². The summed E-state index contributed by atoms with van der Waals surface area (Å²) >= 11 is 0. The van der Waals surface area contributed by atoms with E-state index in [9.17, 15) is 0 Å². The van der Waals surface area contributed by atoms with Gasteiger partial charge in [0, 0.05) is 6.54 Å². The molecule has 0 saturated heterocycles. The second-order valence-corrected chi connectivity index (χ2v) is 0.766. The molecule has 2 N–H and O–H groups in total. The standard InChI is InChI=1S/C4H6NO/c1-5-3-2-4-6/h2,4-6H,3H2. The molecule has 0 aliphatic rings. The van der Waals surface area contributed by atoms with Crippen LogP contribution in [0.5, 0.6) is 0 Å². The van der Waals surface area contributed by atoms with E-state index in [-0.39, 0.29) is 0 Å². The molecule has 3 radical (unpaired) electrons. The molecule has 0 aromatic heterocycles. The van der Waals surface area contributed by atoms with Crippen molar-refractivity contribution >= 4 is 0 Å². The van der Waals surface area contributed by atoms with Gasteiger partial charge in [-0.1, -0.05) is 0 Å². The highest BCUT2D eigenvalue weighted by Crippen LogP contribution is 1.58. The lowest BCUT2D eigenvalue weighted by Crippen LogP contribution is -1.99. The second-order valence-electron chi connectivity index (χ2n) is 0.766. The van der Waals surface area contributed by atoms with Crippen LogP contribution >= 0.6 is 0 Å². The smallest absolute Gasteiger partial charge is 0.0853 e. The van der Waals surface area contributed by atoms with E-state index in [2.05, 4.69) is 5.32 Å². The summed E-state index contributed by atoms with van der Waals surface area (Å²) in [6.07, 6.45) is 2.34. The number of aliphatic hydroxyl groups excluding tert-OH is 1. The van der Waals surface area contributed by atoms with Gasteiger partial charge in [0.05, 0.1) is 13.3 Å². The van der Waals surface area contributed by atoms with Crippen molar-refractivity contribution in [2.75, 3.05) is 6.54 Å². The normalized spacial score (nSPS) is 10.2. The molecule has 0 aromatic carbocycles. The Morgan fingerprint density at radius 2 is 2.50 bits per heavy atom. The fraction of sp³-hybridized carbons (Fsp3) is 0.250. The van der Waals surface area contributed by atoms with Crippen molar-refractivity contribution < 1.29 is 5.11 Å². The van der Waals surface area contributed by atoms with Gasteiger partial charge in [-0.3, -0.25) is 0 Å². The van der Waals surface area contributed by atoms with E-state index in [0.717, 1.165) is 6.26 Å². The van der Waals surface area contributed by atoms with Gasteiger partial charge in [-0.15, -0.1) is 0 Å². The summed E-state index contributed by atoms with van der Waals surface area (Å²) in [5, 5.41) is 9.97. The van der Waals surface area contributed by atoms with Crippen LogP contribution in [0.15, 0.2) is 12.3 Å². The Hall–Kier alpha value is -0.500. The SMILES string of the molecule is [C]NCC=CO. The van der Waals surface area contributed by atoms with Crippen molar-refractivity contribution in [3.05, 3.63) is 19.4 Å². The predicted molar refractivity (Wildman–Crippen MR) is 23.0 cm³/mol. The maximum Gasteiger partial charge on any atom is 0.0853 e. The van der Waals surface area contributed by atoms with Crippen molar-refractivity contribution in [3.8, 4) is 0 Å². The first-order valence-electron chi connectivity index (χ1n) is 1.60. The van der Waals surface area contributed by atoms with Crippen LogP contribution in [0.3, 0.4) is 0 Å². The summed E-state index contributed by atoms with van der Waals surface area (Å²) in [4.78, 5) is 0. The average molecular weight is 84.1 g/mol. The van der Waals surface area contributed by atoms with E-state index in [0.29, 0.717) is 6.54 Å². The first kappa shape index (κ1) is 5.50. The van der Waals surface area contributed by atoms with Crippen LogP contribution in [0.2, 0.25) is 0 Å². The molecule has 0 aliphatic carbocycles. The Labute approximate surface area is 37.5 Å². The van der Waals surface area contributed by atoms with Gasteiger partial charge in [-0.25, -0.2) is 0 Å². The highest BCUT2D eigenvalue weighted by atomic mass is 16.2. The van der Waals surface area contributed by atoms with E-state index in [1.165, 1.54) is 6.08 Å². The molecule has 0 rings (SSSR count). The fourth-order valence-electron chi connectivity index (χ4n) is 0.112. The van der Waals surface area contributed by atoms with Crippen LogP contribution in [0, 0.1) is 7.05 Å². The molecule has 0 aromatic rings. The van der Waals surface area contributed by atoms with Crippen molar-refractivity contribution in [1.29, 1.82) is 0 Å². The largest absolute Gasteiger partial charge is 0.516 e. The van der Waals surface area contributed by atoms with Crippen molar-refractivity contribution in [2.45, 2.75) is 0 Å². The number of hydrogen-bond donors (Lipinski definition) is 2. The van der Waals surface area contributed by atoms with Gasteiger partial charge in [0.15, 0.2) is 0 Å². The molecule has 0 aliphatic heterocycles. The maximum atomic E-state index is 7.89. The molecule has 0 amide bonds. The monoisotopic (exact) mass is 84.0 g/mol. The quantitative estimate of drug-likeness (QED) is 0.468. The van der Waals surface area contributed by atoms with Crippen LogP contribution < -0.4 is 5.32 Å². The number of aliphatic hydroxyl groups is 1. The lowest BCUT2D eigenvalue weighted by molar-refractivity contribution is 0.471. The first-order valence-corrected chi connectivity index (χ1v) is 1.60. The molecule has 2 heteroatoms. The molecule has 0 fully saturated rings. The Morgan fingerprint density at radius 3 is 2.67 bits per heavy atom. The predicted octanol–water partition coefficient (Wildman–Crippen LogP) is 0.193. The summed E-state index contributed by atoms with van der Waals surface area (Å²) < 4.78 is 0. The number of rotatable bonds is 2. The van der Waals surface area contributed by atoms with Crippen LogP contribution in [0.4, 0.5) is 0 Å². The third kappa shape index (κ3) is 3.50. The first-order chi connectivity index (χ1) is 2.91. The zero-order valence-corrected chi connectivity index (χ0v) is 3.31. The Balaban J connectivity index is 2.66. The fourth-order valence-corrected chi connectivity index (χ4v) is 0.112. The Bertz CT molecular complexity index is 42.8. The van der Waals surface area contributed by atoms with Crippen LogP contribution in [0.1, 0.15) is 0 Å². The molecular formula is C4H6NO. The molecule has 2 nitrogen and oxygen atoms in total. The zero-order chi connectivity index (χ0) is 4.83.